The van der Waals surface area contributed by atoms with Gasteiger partial charge in [0.05, 0.1) is 15.9 Å². The Balaban J connectivity index is 3.17. The molecule has 0 fully saturated rings. The molecule has 5 atom stereocenters. The van der Waals surface area contributed by atoms with E-state index in [0.717, 1.165) is 12.1 Å². The number of benzene rings is 1. The Morgan fingerprint density at radius 2 is 1.36 bits per heavy atom. The summed E-state index contributed by atoms with van der Waals surface area (Å²) in [5.41, 5.74) is 31.2. The number of carbonyl (C=O) groups excluding carboxylic acids is 5. The second-order valence-electron chi connectivity index (χ2n) is 11.8. The number of nitrogens with two attached hydrogens (primary N) is 6. The third-order valence-electron chi connectivity index (χ3n) is 7.37. The summed E-state index contributed by atoms with van der Waals surface area (Å²) in [4.78, 5) is 105. The first-order chi connectivity index (χ1) is 26.2. The van der Waals surface area contributed by atoms with Gasteiger partial charge < -0.3 is 66.1 Å². The number of aliphatic imine (C=N–C) groups is 2. The molecule has 5 amide bonds. The Morgan fingerprint density at radius 3 is 1.87 bits per heavy atom. The van der Waals surface area contributed by atoms with Gasteiger partial charge in [0.25, 0.3) is 11.4 Å². The first-order valence-electron chi connectivity index (χ1n) is 16.9. The van der Waals surface area contributed by atoms with Gasteiger partial charge in [0.1, 0.15) is 35.9 Å². The number of amides is 5. The average Bonchev–Trinajstić information content (AvgIpc) is 3.11. The summed E-state index contributed by atoms with van der Waals surface area (Å²) in [6, 6.07) is -4.75. The van der Waals surface area contributed by atoms with E-state index in [1.807, 2.05) is 0 Å². The fraction of sp³-hybridized carbons (Fsp3) is 0.517. The standard InChI is InChI=1S/C29H47N15O11/c1-14(39-25(49)16(30)13-38-17-7-6-15(43(52)53)12-21(17)44(54)55)24(48)41-19(5-3-11-37-29(34)35)26(50)42-20(8-9-22(45)46)27(51)40-18(23(31)47)4-2-10-36-28(32)33/h6-7,12,14,16,18-20,38H,2-5,8-11,13,30H2,1H3,(H2,31,47)(H,39,49)(H,40,51)(H,41,48)(H,42,50)(H,45,46)(H4,32,33,36)(H4,34,35,37)/t14-,16-,18-,19-,20+/m0/s1/i/hD. The molecule has 26 heteroatoms. The van der Waals surface area contributed by atoms with Crippen molar-refractivity contribution in [3.05, 3.63) is 38.4 Å². The minimum Gasteiger partial charge on any atom is -0.481 e. The molecule has 0 saturated heterocycles. The highest BCUT2D eigenvalue weighted by Gasteiger charge is 2.31. The number of nitro benzene ring substituents is 2. The van der Waals surface area contributed by atoms with Gasteiger partial charge in [-0.1, -0.05) is 0 Å². The number of carboxylic acid groups (broad SMARTS) is 1. The number of nitrogens with one attached hydrogen (secondary N) is 5. The highest BCUT2D eigenvalue weighted by molar-refractivity contribution is 5.96. The molecule has 1 rings (SSSR count). The van der Waals surface area contributed by atoms with Gasteiger partial charge >= 0.3 is 5.97 Å². The van der Waals surface area contributed by atoms with Gasteiger partial charge in [0.2, 0.25) is 29.5 Å². The number of rotatable bonds is 25. The maximum atomic E-state index is 13.7. The van der Waals surface area contributed by atoms with Crippen molar-refractivity contribution >= 4 is 64.5 Å². The van der Waals surface area contributed by atoms with Crippen molar-refractivity contribution in [3.63, 3.8) is 0 Å². The normalized spacial score (nSPS) is 13.5. The molecule has 0 spiro atoms. The lowest BCUT2D eigenvalue weighted by Crippen LogP contribution is -2.58. The number of aliphatic carboxylic acids is 1. The molecule has 0 aromatic heterocycles. The second-order valence-corrected chi connectivity index (χ2v) is 11.8. The second kappa shape index (κ2) is 22.9. The summed E-state index contributed by atoms with van der Waals surface area (Å²) < 4.78 is 8.55. The van der Waals surface area contributed by atoms with E-state index in [1.165, 1.54) is 6.92 Å². The number of anilines is 1. The summed E-state index contributed by atoms with van der Waals surface area (Å²) in [6.07, 6.45) is -1.34. The Labute approximate surface area is 314 Å². The number of nitrogens with zero attached hydrogens (tertiary/aromatic N) is 4. The molecule has 1 aromatic carbocycles. The summed E-state index contributed by atoms with van der Waals surface area (Å²) in [5, 5.41) is 41.4. The Kier molecular flexibility index (Phi) is 18.5. The first-order valence-corrected chi connectivity index (χ1v) is 16.4. The summed E-state index contributed by atoms with van der Waals surface area (Å²) in [6.45, 7) is 0.826. The largest absolute Gasteiger partial charge is 0.481 e. The van der Waals surface area contributed by atoms with Crippen molar-refractivity contribution in [1.29, 1.82) is 0 Å². The van der Waals surface area contributed by atoms with Gasteiger partial charge in [0.15, 0.2) is 13.3 Å². The van der Waals surface area contributed by atoms with Crippen LogP contribution in [0, 0.1) is 20.2 Å². The molecule has 18 N–H and O–H groups in total. The predicted octanol–water partition coefficient (Wildman–Crippen LogP) is -4.34. The van der Waals surface area contributed by atoms with Gasteiger partial charge in [-0.05, 0) is 45.1 Å². The van der Waals surface area contributed by atoms with Gasteiger partial charge in [-0.3, -0.25) is 59.0 Å². The Morgan fingerprint density at radius 1 is 0.800 bits per heavy atom. The average molecular weight is 783 g/mol. The van der Waals surface area contributed by atoms with Crippen molar-refractivity contribution in [2.45, 2.75) is 75.7 Å². The van der Waals surface area contributed by atoms with E-state index in [9.17, 15) is 54.1 Å². The van der Waals surface area contributed by atoms with Crippen LogP contribution in [-0.2, 0) is 28.8 Å². The number of carboxylic acids is 1. The van der Waals surface area contributed by atoms with Crippen molar-refractivity contribution in [1.82, 2.24) is 21.3 Å². The molecule has 304 valence electrons. The van der Waals surface area contributed by atoms with Crippen molar-refractivity contribution in [2.75, 3.05) is 25.0 Å². The Bertz CT molecular complexity index is 1670. The SMILES string of the molecule is [2H]N(C(=O)[C@H](CCCN=C(N)N)NC(=O)[C@H](C)NC(=O)[C@@H](N)CNc1ccc([N+](=O)[O-])cc1[N+](=O)[O-])[C@H](CCC(=O)O)C(=O)N[C@@H](CCCN=C(N)N)C(N)=O. The lowest BCUT2D eigenvalue weighted by atomic mass is 10.1. The number of guanidine groups is 2. The molecule has 0 aliphatic heterocycles. The molecule has 0 aliphatic rings. The topological polar surface area (TPSA) is 450 Å². The first kappa shape index (κ1) is 44.3. The minimum absolute atomic E-state index is 0.0376. The van der Waals surface area contributed by atoms with Crippen molar-refractivity contribution in [2.24, 2.45) is 44.4 Å². The molecule has 0 unspecified atom stereocenters. The van der Waals surface area contributed by atoms with Crippen LogP contribution in [0.3, 0.4) is 0 Å². The maximum absolute atomic E-state index is 13.7. The third kappa shape index (κ3) is 17.5. The van der Waals surface area contributed by atoms with E-state index >= 15 is 0 Å². The number of carbonyl (C=O) groups is 6. The van der Waals surface area contributed by atoms with Crippen LogP contribution in [0.2, 0.25) is 1.41 Å². The van der Waals surface area contributed by atoms with Gasteiger partial charge in [-0.2, -0.15) is 0 Å². The lowest BCUT2D eigenvalue weighted by molar-refractivity contribution is -0.393. The quantitative estimate of drug-likeness (QED) is 0.0147. The smallest absolute Gasteiger partial charge is 0.303 e. The predicted molar refractivity (Wildman–Crippen MR) is 195 cm³/mol. The van der Waals surface area contributed by atoms with Crippen LogP contribution in [0.25, 0.3) is 0 Å². The summed E-state index contributed by atoms with van der Waals surface area (Å²) in [7, 11) is 0. The van der Waals surface area contributed by atoms with E-state index in [-0.39, 0.29) is 61.7 Å². The van der Waals surface area contributed by atoms with Crippen LogP contribution in [0.5, 0.6) is 0 Å². The molecule has 0 radical (unpaired) electrons. The molecule has 26 nitrogen and oxygen atoms in total. The van der Waals surface area contributed by atoms with E-state index in [2.05, 4.69) is 31.3 Å². The zero-order chi connectivity index (χ0) is 42.7. The van der Waals surface area contributed by atoms with Crippen LogP contribution in [0.15, 0.2) is 28.2 Å². The molecular weight excluding hydrogens is 734 g/mol. The van der Waals surface area contributed by atoms with Crippen LogP contribution in [0.1, 0.15) is 45.4 Å². The van der Waals surface area contributed by atoms with E-state index < -0.39 is 106 Å². The van der Waals surface area contributed by atoms with E-state index in [0.29, 0.717) is 6.07 Å². The van der Waals surface area contributed by atoms with Crippen molar-refractivity contribution in [3.8, 4) is 0 Å². The number of hydrogen-bond acceptors (Lipinski definition) is 14. The van der Waals surface area contributed by atoms with Crippen LogP contribution >= 0.6 is 0 Å². The van der Waals surface area contributed by atoms with Gasteiger partial charge in [-0.25, -0.2) is 0 Å². The monoisotopic (exact) mass is 782 g/mol. The van der Waals surface area contributed by atoms with Crippen LogP contribution < -0.4 is 61.0 Å². The molecule has 0 aliphatic carbocycles. The molecule has 1 aromatic rings. The zero-order valence-electron chi connectivity index (χ0n) is 30.7. The summed E-state index contributed by atoms with van der Waals surface area (Å²) in [5.74, 6) is -7.06. The van der Waals surface area contributed by atoms with Crippen LogP contribution in [-0.4, -0.2) is 112 Å². The highest BCUT2D eigenvalue weighted by Crippen LogP contribution is 2.28. The molecule has 0 saturated carbocycles. The molecular formula is C29H47N15O11. The number of non-ortho nitro benzene ring substituents is 1. The molecule has 0 bridgehead atoms. The molecule has 0 heterocycles. The zero-order valence-corrected chi connectivity index (χ0v) is 29.7. The van der Waals surface area contributed by atoms with Crippen molar-refractivity contribution < 1.29 is 45.1 Å². The highest BCUT2D eigenvalue weighted by atomic mass is 16.6. The summed E-state index contributed by atoms with van der Waals surface area (Å²) >= 11 is 0. The fourth-order valence-corrected chi connectivity index (χ4v) is 4.51. The van der Waals surface area contributed by atoms with Crippen LogP contribution in [0.4, 0.5) is 17.1 Å². The van der Waals surface area contributed by atoms with E-state index in [1.54, 1.807) is 0 Å². The molecule has 55 heavy (non-hydrogen) atoms. The van der Waals surface area contributed by atoms with Gasteiger partial charge in [-0.15, -0.1) is 0 Å². The Hall–Kier alpha value is -6.86. The lowest BCUT2D eigenvalue weighted by Gasteiger charge is -2.25. The maximum Gasteiger partial charge on any atom is 0.303 e. The number of hydrogen-bond donors (Lipinski definition) is 12. The minimum atomic E-state index is -1.80. The van der Waals surface area contributed by atoms with Gasteiger partial charge in [0, 0.05) is 32.1 Å². The number of primary amides is 1. The van der Waals surface area contributed by atoms with E-state index in [4.69, 9.17) is 35.8 Å². The fourth-order valence-electron chi connectivity index (χ4n) is 4.51. The third-order valence-corrected chi connectivity index (χ3v) is 7.37. The number of nitro groups is 2.